The molecular formula is C15H14ClN3O2S. The van der Waals surface area contributed by atoms with Crippen molar-refractivity contribution in [3.8, 4) is 0 Å². The smallest absolute Gasteiger partial charge is 0.265 e. The SMILES string of the molecule is CN(c1ccc2c(c1)ncn2C)S(=O)(=O)c1ccccc1Cl. The van der Waals surface area contributed by atoms with E-state index in [-0.39, 0.29) is 9.92 Å². The molecular weight excluding hydrogens is 322 g/mol. The lowest BCUT2D eigenvalue weighted by atomic mass is 10.3. The summed E-state index contributed by atoms with van der Waals surface area (Å²) in [5.41, 5.74) is 2.21. The number of fused-ring (bicyclic) bond motifs is 1. The molecule has 0 radical (unpaired) electrons. The molecule has 0 saturated heterocycles. The van der Waals surface area contributed by atoms with E-state index in [9.17, 15) is 8.42 Å². The van der Waals surface area contributed by atoms with Crippen LogP contribution in [0.5, 0.6) is 0 Å². The van der Waals surface area contributed by atoms with Crippen LogP contribution in [0.3, 0.4) is 0 Å². The number of hydrogen-bond donors (Lipinski definition) is 0. The number of imidazole rings is 1. The summed E-state index contributed by atoms with van der Waals surface area (Å²) in [6.45, 7) is 0. The average Bonchev–Trinajstić information content (AvgIpc) is 2.87. The standard InChI is InChI=1S/C15H14ClN3O2S/c1-18-10-17-13-9-11(7-8-14(13)18)19(2)22(20,21)15-6-4-3-5-12(15)16/h3-10H,1-2H3. The van der Waals surface area contributed by atoms with Crippen LogP contribution in [0.15, 0.2) is 53.7 Å². The third-order valence-corrected chi connectivity index (χ3v) is 5.83. The lowest BCUT2D eigenvalue weighted by Crippen LogP contribution is -2.26. The molecule has 2 aromatic carbocycles. The van der Waals surface area contributed by atoms with Crippen LogP contribution in [0.25, 0.3) is 11.0 Å². The summed E-state index contributed by atoms with van der Waals surface area (Å²) >= 11 is 6.02. The van der Waals surface area contributed by atoms with Crippen molar-refractivity contribution in [3.05, 3.63) is 53.8 Å². The van der Waals surface area contributed by atoms with Gasteiger partial charge in [0.2, 0.25) is 0 Å². The molecule has 1 aromatic heterocycles. The summed E-state index contributed by atoms with van der Waals surface area (Å²) in [6.07, 6.45) is 1.69. The summed E-state index contributed by atoms with van der Waals surface area (Å²) in [6, 6.07) is 11.7. The van der Waals surface area contributed by atoms with Crippen molar-refractivity contribution < 1.29 is 8.42 Å². The highest BCUT2D eigenvalue weighted by Gasteiger charge is 2.24. The maximum atomic E-state index is 12.7. The first-order chi connectivity index (χ1) is 10.4. The van der Waals surface area contributed by atoms with Crippen molar-refractivity contribution in [3.63, 3.8) is 0 Å². The molecule has 7 heteroatoms. The quantitative estimate of drug-likeness (QED) is 0.739. The van der Waals surface area contributed by atoms with E-state index in [0.717, 1.165) is 11.0 Å². The molecule has 22 heavy (non-hydrogen) atoms. The molecule has 0 aliphatic heterocycles. The van der Waals surface area contributed by atoms with Crippen molar-refractivity contribution >= 4 is 38.3 Å². The topological polar surface area (TPSA) is 55.2 Å². The van der Waals surface area contributed by atoms with Gasteiger partial charge in [0.1, 0.15) is 4.90 Å². The van der Waals surface area contributed by atoms with Crippen LogP contribution in [-0.4, -0.2) is 25.0 Å². The zero-order chi connectivity index (χ0) is 15.9. The molecule has 3 aromatic rings. The summed E-state index contributed by atoms with van der Waals surface area (Å²) in [5, 5.41) is 0.202. The largest absolute Gasteiger partial charge is 0.334 e. The van der Waals surface area contributed by atoms with Gasteiger partial charge in [-0.05, 0) is 30.3 Å². The maximum absolute atomic E-state index is 12.7. The summed E-state index contributed by atoms with van der Waals surface area (Å²) in [7, 11) is -0.327. The summed E-state index contributed by atoms with van der Waals surface area (Å²) in [4.78, 5) is 4.33. The fourth-order valence-electron chi connectivity index (χ4n) is 2.26. The molecule has 0 bridgehead atoms. The minimum Gasteiger partial charge on any atom is -0.334 e. The number of halogens is 1. The minimum absolute atomic E-state index is 0.0836. The van der Waals surface area contributed by atoms with E-state index >= 15 is 0 Å². The molecule has 0 aliphatic carbocycles. The zero-order valence-corrected chi connectivity index (χ0v) is 13.6. The number of rotatable bonds is 3. The lowest BCUT2D eigenvalue weighted by molar-refractivity contribution is 0.594. The third kappa shape index (κ3) is 2.34. The highest BCUT2D eigenvalue weighted by Crippen LogP contribution is 2.28. The molecule has 0 unspecified atom stereocenters. The predicted octanol–water partition coefficient (Wildman–Crippen LogP) is 3.05. The van der Waals surface area contributed by atoms with E-state index in [1.807, 2.05) is 17.7 Å². The number of anilines is 1. The Bertz CT molecular complexity index is 950. The first-order valence-electron chi connectivity index (χ1n) is 6.56. The van der Waals surface area contributed by atoms with Gasteiger partial charge in [0, 0.05) is 14.1 Å². The number of hydrogen-bond acceptors (Lipinski definition) is 3. The molecule has 5 nitrogen and oxygen atoms in total. The van der Waals surface area contributed by atoms with Gasteiger partial charge in [-0.2, -0.15) is 0 Å². The highest BCUT2D eigenvalue weighted by atomic mass is 35.5. The lowest BCUT2D eigenvalue weighted by Gasteiger charge is -2.20. The molecule has 1 heterocycles. The van der Waals surface area contributed by atoms with E-state index in [0.29, 0.717) is 5.69 Å². The van der Waals surface area contributed by atoms with E-state index in [4.69, 9.17) is 11.6 Å². The van der Waals surface area contributed by atoms with Gasteiger partial charge in [-0.15, -0.1) is 0 Å². The highest BCUT2D eigenvalue weighted by molar-refractivity contribution is 7.93. The molecule has 0 saturated carbocycles. The Hall–Kier alpha value is -2.05. The van der Waals surface area contributed by atoms with Crippen LogP contribution in [0, 0.1) is 0 Å². The molecule has 0 fully saturated rings. The maximum Gasteiger partial charge on any atom is 0.265 e. The van der Waals surface area contributed by atoms with Gasteiger partial charge in [-0.3, -0.25) is 4.31 Å². The fraction of sp³-hybridized carbons (Fsp3) is 0.133. The first kappa shape index (κ1) is 14.9. The summed E-state index contributed by atoms with van der Waals surface area (Å²) in [5.74, 6) is 0. The Balaban J connectivity index is 2.08. The molecule has 0 amide bonds. The number of sulfonamides is 1. The Morgan fingerprint density at radius 3 is 2.64 bits per heavy atom. The van der Waals surface area contributed by atoms with Crippen molar-refractivity contribution in [2.24, 2.45) is 7.05 Å². The second-order valence-corrected chi connectivity index (χ2v) is 7.28. The van der Waals surface area contributed by atoms with E-state index in [1.54, 1.807) is 36.7 Å². The van der Waals surface area contributed by atoms with Gasteiger partial charge in [0.15, 0.2) is 0 Å². The van der Waals surface area contributed by atoms with E-state index < -0.39 is 10.0 Å². The molecule has 0 atom stereocenters. The summed E-state index contributed by atoms with van der Waals surface area (Å²) < 4.78 is 28.5. The van der Waals surface area contributed by atoms with Crippen LogP contribution in [0.2, 0.25) is 5.02 Å². The molecule has 0 N–H and O–H groups in total. The Morgan fingerprint density at radius 1 is 1.18 bits per heavy atom. The van der Waals surface area contributed by atoms with Gasteiger partial charge in [-0.1, -0.05) is 23.7 Å². The van der Waals surface area contributed by atoms with Gasteiger partial charge < -0.3 is 4.57 Å². The van der Waals surface area contributed by atoms with Crippen LogP contribution >= 0.6 is 11.6 Å². The second-order valence-electron chi connectivity index (χ2n) is 4.93. The van der Waals surface area contributed by atoms with E-state index in [2.05, 4.69) is 4.98 Å². The molecule has 3 rings (SSSR count). The monoisotopic (exact) mass is 335 g/mol. The van der Waals surface area contributed by atoms with E-state index in [1.165, 1.54) is 17.4 Å². The van der Waals surface area contributed by atoms with Crippen molar-refractivity contribution in [1.82, 2.24) is 9.55 Å². The number of aromatic nitrogens is 2. The van der Waals surface area contributed by atoms with Crippen LogP contribution in [0.4, 0.5) is 5.69 Å². The van der Waals surface area contributed by atoms with Gasteiger partial charge in [-0.25, -0.2) is 13.4 Å². The van der Waals surface area contributed by atoms with Crippen molar-refractivity contribution in [2.75, 3.05) is 11.4 Å². The fourth-order valence-corrected chi connectivity index (χ4v) is 3.94. The Labute approximate surface area is 133 Å². The normalized spacial score (nSPS) is 11.8. The zero-order valence-electron chi connectivity index (χ0n) is 12.1. The Kier molecular flexibility index (Phi) is 3.58. The number of benzene rings is 2. The number of aryl methyl sites for hydroxylation is 1. The van der Waals surface area contributed by atoms with Gasteiger partial charge >= 0.3 is 0 Å². The third-order valence-electron chi connectivity index (χ3n) is 3.55. The number of nitrogens with zero attached hydrogens (tertiary/aromatic N) is 3. The first-order valence-corrected chi connectivity index (χ1v) is 8.37. The van der Waals surface area contributed by atoms with Gasteiger partial charge in [0.05, 0.1) is 28.1 Å². The van der Waals surface area contributed by atoms with Crippen LogP contribution in [0.1, 0.15) is 0 Å². The van der Waals surface area contributed by atoms with Crippen molar-refractivity contribution in [1.29, 1.82) is 0 Å². The minimum atomic E-state index is -3.72. The van der Waals surface area contributed by atoms with Crippen molar-refractivity contribution in [2.45, 2.75) is 4.90 Å². The van der Waals surface area contributed by atoms with Gasteiger partial charge in [0.25, 0.3) is 10.0 Å². The van der Waals surface area contributed by atoms with Crippen LogP contribution in [-0.2, 0) is 17.1 Å². The Morgan fingerprint density at radius 2 is 1.91 bits per heavy atom. The second kappa shape index (κ2) is 5.30. The molecule has 114 valence electrons. The molecule has 0 aliphatic rings. The van der Waals surface area contributed by atoms with Crippen LogP contribution < -0.4 is 4.31 Å². The predicted molar refractivity (Wildman–Crippen MR) is 87.8 cm³/mol. The molecule has 0 spiro atoms. The average molecular weight is 336 g/mol.